The van der Waals surface area contributed by atoms with Crippen LogP contribution in [0.5, 0.6) is 5.75 Å². The first-order chi connectivity index (χ1) is 10.7. The number of phenolic OH excluding ortho intramolecular Hbond substituents is 1. The number of hydrogen-bond acceptors (Lipinski definition) is 4. The van der Waals surface area contributed by atoms with Crippen LogP contribution in [0.15, 0.2) is 47.4 Å². The highest BCUT2D eigenvalue weighted by Gasteiger charge is 2.18. The van der Waals surface area contributed by atoms with Crippen LogP contribution in [-0.4, -0.2) is 19.4 Å². The Morgan fingerprint density at radius 1 is 1.26 bits per heavy atom. The molecular weight excluding hydrogens is 340 g/mol. The molecular formula is C15H15ClN2O4S. The van der Waals surface area contributed by atoms with Crippen LogP contribution in [0.1, 0.15) is 28.9 Å². The normalized spacial score (nSPS) is 12.7. The van der Waals surface area contributed by atoms with E-state index in [1.165, 1.54) is 18.2 Å². The summed E-state index contributed by atoms with van der Waals surface area (Å²) in [6.07, 6.45) is 0. The average Bonchev–Trinajstić information content (AvgIpc) is 2.46. The Morgan fingerprint density at radius 2 is 1.91 bits per heavy atom. The van der Waals surface area contributed by atoms with Crippen LogP contribution in [0, 0.1) is 0 Å². The molecule has 2 aromatic carbocycles. The van der Waals surface area contributed by atoms with Gasteiger partial charge in [-0.2, -0.15) is 0 Å². The zero-order chi connectivity index (χ0) is 17.2. The minimum absolute atomic E-state index is 0.0571. The van der Waals surface area contributed by atoms with E-state index >= 15 is 0 Å². The molecule has 0 fully saturated rings. The van der Waals surface area contributed by atoms with E-state index in [9.17, 15) is 18.3 Å². The second-order valence-corrected chi connectivity index (χ2v) is 6.88. The summed E-state index contributed by atoms with van der Waals surface area (Å²) in [5.74, 6) is -0.455. The summed E-state index contributed by atoms with van der Waals surface area (Å²) in [4.78, 5) is 11.9. The minimum Gasteiger partial charge on any atom is -0.508 e. The van der Waals surface area contributed by atoms with Crippen LogP contribution in [-0.2, 0) is 10.0 Å². The van der Waals surface area contributed by atoms with Crippen LogP contribution < -0.4 is 10.5 Å². The smallest absolute Gasteiger partial charge is 0.251 e. The number of carbonyl (C=O) groups excluding carboxylic acids is 1. The first-order valence-corrected chi connectivity index (χ1v) is 8.53. The number of phenols is 1. The van der Waals surface area contributed by atoms with Crippen LogP contribution >= 0.6 is 11.6 Å². The summed E-state index contributed by atoms with van der Waals surface area (Å²) in [7, 11) is -4.03. The van der Waals surface area contributed by atoms with Crippen molar-refractivity contribution in [2.75, 3.05) is 0 Å². The van der Waals surface area contributed by atoms with Crippen molar-refractivity contribution in [2.45, 2.75) is 17.9 Å². The van der Waals surface area contributed by atoms with Gasteiger partial charge in [-0.25, -0.2) is 13.6 Å². The molecule has 23 heavy (non-hydrogen) atoms. The summed E-state index contributed by atoms with van der Waals surface area (Å²) in [6.45, 7) is 1.70. The lowest BCUT2D eigenvalue weighted by Crippen LogP contribution is -2.27. The summed E-state index contributed by atoms with van der Waals surface area (Å²) in [5.41, 5.74) is 0.641. The molecule has 1 amide bonds. The maximum Gasteiger partial charge on any atom is 0.251 e. The standard InChI is InChI=1S/C15H15ClN2O4S/c1-9(11-4-2-3-5-13(11)19)18-15(20)10-6-7-12(16)14(8-10)23(17,21)22/h2-9,19H,1H3,(H,18,20)(H2,17,21,22)/t9-/m1/s1. The van der Waals surface area contributed by atoms with E-state index in [4.69, 9.17) is 16.7 Å². The molecule has 0 aliphatic rings. The summed E-state index contributed by atoms with van der Waals surface area (Å²) >= 11 is 5.78. The van der Waals surface area contributed by atoms with E-state index in [1.807, 2.05) is 0 Å². The number of carbonyl (C=O) groups is 1. The van der Waals surface area contributed by atoms with Crippen LogP contribution in [0.25, 0.3) is 0 Å². The Kier molecular flexibility index (Phi) is 4.93. The van der Waals surface area contributed by atoms with Gasteiger partial charge in [0, 0.05) is 11.1 Å². The fourth-order valence-corrected chi connectivity index (χ4v) is 3.15. The fourth-order valence-electron chi connectivity index (χ4n) is 2.07. The van der Waals surface area contributed by atoms with Gasteiger partial charge in [0.05, 0.1) is 11.1 Å². The lowest BCUT2D eigenvalue weighted by atomic mass is 10.1. The molecule has 8 heteroatoms. The lowest BCUT2D eigenvalue weighted by Gasteiger charge is -2.16. The van der Waals surface area contributed by atoms with E-state index in [2.05, 4.69) is 5.32 Å². The van der Waals surface area contributed by atoms with Crippen LogP contribution in [0.2, 0.25) is 5.02 Å². The number of primary sulfonamides is 1. The van der Waals surface area contributed by atoms with Crippen molar-refractivity contribution in [1.82, 2.24) is 5.32 Å². The van der Waals surface area contributed by atoms with Crippen molar-refractivity contribution >= 4 is 27.5 Å². The van der Waals surface area contributed by atoms with Gasteiger partial charge < -0.3 is 10.4 Å². The molecule has 0 radical (unpaired) electrons. The highest BCUT2D eigenvalue weighted by Crippen LogP contribution is 2.25. The number of benzene rings is 2. The van der Waals surface area contributed by atoms with Gasteiger partial charge in [-0.05, 0) is 31.2 Å². The first-order valence-electron chi connectivity index (χ1n) is 6.61. The maximum atomic E-state index is 12.3. The van der Waals surface area contributed by atoms with E-state index < -0.39 is 22.0 Å². The van der Waals surface area contributed by atoms with Crippen molar-refractivity contribution in [3.63, 3.8) is 0 Å². The molecule has 1 atom stereocenters. The number of para-hydroxylation sites is 1. The zero-order valence-electron chi connectivity index (χ0n) is 12.2. The number of nitrogens with two attached hydrogens (primary N) is 1. The predicted octanol–water partition coefficient (Wildman–Crippen LogP) is 2.18. The molecule has 2 rings (SSSR count). The van der Waals surface area contributed by atoms with Crippen LogP contribution in [0.4, 0.5) is 0 Å². The number of nitrogens with one attached hydrogen (secondary N) is 1. The predicted molar refractivity (Wildman–Crippen MR) is 86.8 cm³/mol. The first kappa shape index (κ1) is 17.3. The van der Waals surface area contributed by atoms with Gasteiger partial charge in [-0.3, -0.25) is 4.79 Å². The highest BCUT2D eigenvalue weighted by molar-refractivity contribution is 7.89. The molecule has 122 valence electrons. The summed E-state index contributed by atoms with van der Waals surface area (Å²) in [6, 6.07) is 9.92. The van der Waals surface area contributed by atoms with E-state index in [1.54, 1.807) is 25.1 Å². The molecule has 0 heterocycles. The molecule has 2 aromatic rings. The van der Waals surface area contributed by atoms with Crippen LogP contribution in [0.3, 0.4) is 0 Å². The molecule has 0 saturated carbocycles. The number of halogens is 1. The molecule has 4 N–H and O–H groups in total. The molecule has 0 aliphatic heterocycles. The van der Waals surface area contributed by atoms with Gasteiger partial charge in [0.25, 0.3) is 5.91 Å². The van der Waals surface area contributed by atoms with Crippen molar-refractivity contribution in [3.8, 4) is 5.75 Å². The zero-order valence-corrected chi connectivity index (χ0v) is 13.7. The highest BCUT2D eigenvalue weighted by atomic mass is 35.5. The Bertz CT molecular complexity index is 852. The van der Waals surface area contributed by atoms with Gasteiger partial charge in [0.15, 0.2) is 0 Å². The molecule has 0 unspecified atom stereocenters. The second-order valence-electron chi connectivity index (χ2n) is 4.94. The topological polar surface area (TPSA) is 109 Å². The Labute approximate surface area is 138 Å². The van der Waals surface area contributed by atoms with E-state index in [0.717, 1.165) is 6.07 Å². The fraction of sp³-hybridized carbons (Fsp3) is 0.133. The molecule has 0 aromatic heterocycles. The Hall–Kier alpha value is -2.09. The number of sulfonamides is 1. The number of amides is 1. The van der Waals surface area contributed by atoms with Gasteiger partial charge in [0.2, 0.25) is 10.0 Å². The number of rotatable bonds is 4. The minimum atomic E-state index is -4.03. The third kappa shape index (κ3) is 4.01. The average molecular weight is 355 g/mol. The van der Waals surface area contributed by atoms with Crippen molar-refractivity contribution in [1.29, 1.82) is 0 Å². The molecule has 0 spiro atoms. The maximum absolute atomic E-state index is 12.3. The Balaban J connectivity index is 2.27. The Morgan fingerprint density at radius 3 is 2.52 bits per heavy atom. The summed E-state index contributed by atoms with van der Waals surface area (Å²) < 4.78 is 22.9. The van der Waals surface area contributed by atoms with E-state index in [0.29, 0.717) is 5.56 Å². The quantitative estimate of drug-likeness (QED) is 0.781. The van der Waals surface area contributed by atoms with Gasteiger partial charge >= 0.3 is 0 Å². The third-order valence-electron chi connectivity index (χ3n) is 3.25. The summed E-state index contributed by atoms with van der Waals surface area (Å²) in [5, 5.41) is 17.5. The third-order valence-corrected chi connectivity index (χ3v) is 4.64. The number of aromatic hydroxyl groups is 1. The lowest BCUT2D eigenvalue weighted by molar-refractivity contribution is 0.0939. The van der Waals surface area contributed by atoms with Crippen molar-refractivity contribution < 1.29 is 18.3 Å². The second kappa shape index (κ2) is 6.57. The van der Waals surface area contributed by atoms with Gasteiger partial charge in [0.1, 0.15) is 10.6 Å². The monoisotopic (exact) mass is 354 g/mol. The molecule has 6 nitrogen and oxygen atoms in total. The number of hydrogen-bond donors (Lipinski definition) is 3. The van der Waals surface area contributed by atoms with Gasteiger partial charge in [-0.15, -0.1) is 0 Å². The van der Waals surface area contributed by atoms with E-state index in [-0.39, 0.29) is 21.2 Å². The van der Waals surface area contributed by atoms with Crippen molar-refractivity contribution in [2.24, 2.45) is 5.14 Å². The molecule has 0 saturated heterocycles. The van der Waals surface area contributed by atoms with Crippen molar-refractivity contribution in [3.05, 3.63) is 58.6 Å². The SMILES string of the molecule is C[C@@H](NC(=O)c1ccc(Cl)c(S(N)(=O)=O)c1)c1ccccc1O. The largest absolute Gasteiger partial charge is 0.508 e. The molecule has 0 bridgehead atoms. The molecule has 0 aliphatic carbocycles. The van der Waals surface area contributed by atoms with Gasteiger partial charge in [-0.1, -0.05) is 29.8 Å².